The van der Waals surface area contributed by atoms with E-state index in [-0.39, 0.29) is 11.7 Å². The second-order valence-electron chi connectivity index (χ2n) is 8.27. The standard InChI is InChI=1S/C22H23ClF3N3O2/c23-16-2-1-15-13-28(10-9-14(15)11-16)19-6-3-17(4-7-19)27-18-5-8-21(29(30)31)20(12-18)22(24,25)26/h1-2,5,8,11-12,17,19,27H,3-4,6-7,9-10,13H2. The quantitative estimate of drug-likeness (QED) is 0.452. The Kier molecular flexibility index (Phi) is 6.12. The zero-order valence-corrected chi connectivity index (χ0v) is 17.5. The number of hydrogen-bond donors (Lipinski definition) is 1. The lowest BCUT2D eigenvalue weighted by Gasteiger charge is -2.40. The van der Waals surface area contributed by atoms with Crippen molar-refractivity contribution < 1.29 is 18.1 Å². The molecule has 0 saturated heterocycles. The molecule has 0 radical (unpaired) electrons. The van der Waals surface area contributed by atoms with Crippen molar-refractivity contribution >= 4 is 23.0 Å². The van der Waals surface area contributed by atoms with Crippen LogP contribution >= 0.6 is 11.6 Å². The van der Waals surface area contributed by atoms with E-state index in [2.05, 4.69) is 16.3 Å². The maximum Gasteiger partial charge on any atom is 0.423 e. The van der Waals surface area contributed by atoms with E-state index in [0.29, 0.717) is 6.04 Å². The Morgan fingerprint density at radius 1 is 1.06 bits per heavy atom. The highest BCUT2D eigenvalue weighted by Crippen LogP contribution is 2.38. The van der Waals surface area contributed by atoms with E-state index in [0.717, 1.165) is 62.3 Å². The molecule has 1 fully saturated rings. The molecule has 1 N–H and O–H groups in total. The Hall–Kier alpha value is -2.32. The minimum atomic E-state index is -4.77. The molecule has 9 heteroatoms. The Morgan fingerprint density at radius 3 is 2.48 bits per heavy atom. The summed E-state index contributed by atoms with van der Waals surface area (Å²) in [5, 5.41) is 14.8. The minimum absolute atomic E-state index is 0.0506. The molecule has 1 heterocycles. The number of fused-ring (bicyclic) bond motifs is 1. The van der Waals surface area contributed by atoms with Gasteiger partial charge in [0, 0.05) is 41.9 Å². The van der Waals surface area contributed by atoms with Crippen molar-refractivity contribution in [3.8, 4) is 0 Å². The van der Waals surface area contributed by atoms with Gasteiger partial charge < -0.3 is 5.32 Å². The predicted octanol–water partition coefficient (Wildman–Crippen LogP) is 6.05. The van der Waals surface area contributed by atoms with Crippen LogP contribution in [0.1, 0.15) is 42.4 Å². The topological polar surface area (TPSA) is 58.4 Å². The second-order valence-corrected chi connectivity index (χ2v) is 8.71. The van der Waals surface area contributed by atoms with Gasteiger partial charge in [-0.2, -0.15) is 13.2 Å². The molecule has 166 valence electrons. The van der Waals surface area contributed by atoms with E-state index in [9.17, 15) is 23.3 Å². The van der Waals surface area contributed by atoms with E-state index in [1.165, 1.54) is 17.2 Å². The molecule has 0 unspecified atom stereocenters. The molecular weight excluding hydrogens is 431 g/mol. The van der Waals surface area contributed by atoms with E-state index in [4.69, 9.17) is 11.6 Å². The third kappa shape index (κ3) is 4.96. The van der Waals surface area contributed by atoms with Crippen molar-refractivity contribution in [1.82, 2.24) is 4.90 Å². The normalized spacial score (nSPS) is 22.1. The first-order chi connectivity index (χ1) is 14.7. The molecule has 2 aromatic rings. The lowest BCUT2D eigenvalue weighted by atomic mass is 9.88. The lowest BCUT2D eigenvalue weighted by molar-refractivity contribution is -0.388. The van der Waals surface area contributed by atoms with Gasteiger partial charge in [0.15, 0.2) is 0 Å². The van der Waals surface area contributed by atoms with E-state index in [1.807, 2.05) is 12.1 Å². The van der Waals surface area contributed by atoms with Gasteiger partial charge >= 0.3 is 6.18 Å². The largest absolute Gasteiger partial charge is 0.423 e. The fourth-order valence-corrected chi connectivity index (χ4v) is 4.88. The molecule has 31 heavy (non-hydrogen) atoms. The van der Waals surface area contributed by atoms with E-state index in [1.54, 1.807) is 0 Å². The zero-order valence-electron chi connectivity index (χ0n) is 16.8. The second kappa shape index (κ2) is 8.67. The van der Waals surface area contributed by atoms with Crippen LogP contribution in [0.3, 0.4) is 0 Å². The van der Waals surface area contributed by atoms with Gasteiger partial charge in [0.1, 0.15) is 5.56 Å². The molecule has 4 rings (SSSR count). The number of nitro groups is 1. The Morgan fingerprint density at radius 2 is 1.81 bits per heavy atom. The van der Waals surface area contributed by atoms with Gasteiger partial charge in [0.05, 0.1) is 4.92 Å². The van der Waals surface area contributed by atoms with Crippen LogP contribution in [0.5, 0.6) is 0 Å². The highest BCUT2D eigenvalue weighted by molar-refractivity contribution is 6.30. The summed E-state index contributed by atoms with van der Waals surface area (Å²) in [6.07, 6.45) is -0.205. The number of nitrogens with one attached hydrogen (secondary N) is 1. The van der Waals surface area contributed by atoms with E-state index >= 15 is 0 Å². The SMILES string of the molecule is O=[N+]([O-])c1ccc(NC2CCC(N3CCc4cc(Cl)ccc4C3)CC2)cc1C(F)(F)F. The third-order valence-electron chi connectivity index (χ3n) is 6.29. The number of nitrogens with zero attached hydrogens (tertiary/aromatic N) is 2. The predicted molar refractivity (Wildman–Crippen MR) is 113 cm³/mol. The van der Waals surface area contributed by atoms with Crippen molar-refractivity contribution in [3.05, 3.63) is 68.2 Å². The fourth-order valence-electron chi connectivity index (χ4n) is 4.69. The number of nitro benzene ring substituents is 1. The molecule has 0 amide bonds. The Balaban J connectivity index is 1.37. The van der Waals surface area contributed by atoms with Gasteiger partial charge in [-0.3, -0.25) is 15.0 Å². The number of anilines is 1. The first kappa shape index (κ1) is 21.9. The van der Waals surface area contributed by atoms with Crippen LogP contribution in [-0.4, -0.2) is 28.5 Å². The summed E-state index contributed by atoms with van der Waals surface area (Å²) in [6.45, 7) is 1.87. The van der Waals surface area contributed by atoms with Crippen LogP contribution in [0.25, 0.3) is 0 Å². The van der Waals surface area contributed by atoms with Gasteiger partial charge in [0.2, 0.25) is 0 Å². The van der Waals surface area contributed by atoms with Gasteiger partial charge in [-0.05, 0) is 67.5 Å². The molecule has 1 aliphatic heterocycles. The number of benzene rings is 2. The van der Waals surface area contributed by atoms with Crippen LogP contribution in [-0.2, 0) is 19.1 Å². The summed E-state index contributed by atoms with van der Waals surface area (Å²) in [5.41, 5.74) is 0.737. The summed E-state index contributed by atoms with van der Waals surface area (Å²) in [5.74, 6) is 0. The van der Waals surface area contributed by atoms with Crippen molar-refractivity contribution in [3.63, 3.8) is 0 Å². The summed E-state index contributed by atoms with van der Waals surface area (Å²) in [4.78, 5) is 12.4. The average molecular weight is 454 g/mol. The first-order valence-corrected chi connectivity index (χ1v) is 10.7. The smallest absolute Gasteiger partial charge is 0.382 e. The molecular formula is C22H23ClF3N3O2. The number of rotatable bonds is 4. The average Bonchev–Trinajstić information content (AvgIpc) is 2.73. The van der Waals surface area contributed by atoms with Gasteiger partial charge in [-0.15, -0.1) is 0 Å². The molecule has 0 aromatic heterocycles. The molecule has 5 nitrogen and oxygen atoms in total. The number of hydrogen-bond acceptors (Lipinski definition) is 4. The molecule has 2 aliphatic rings. The summed E-state index contributed by atoms with van der Waals surface area (Å²) in [7, 11) is 0. The van der Waals surface area contributed by atoms with Crippen molar-refractivity contribution in [2.45, 2.75) is 56.9 Å². The van der Waals surface area contributed by atoms with Crippen LogP contribution in [0.15, 0.2) is 36.4 Å². The van der Waals surface area contributed by atoms with Crippen LogP contribution in [0.4, 0.5) is 24.5 Å². The highest BCUT2D eigenvalue weighted by Gasteiger charge is 2.38. The van der Waals surface area contributed by atoms with Crippen molar-refractivity contribution in [2.75, 3.05) is 11.9 Å². The molecule has 1 saturated carbocycles. The minimum Gasteiger partial charge on any atom is -0.382 e. The molecule has 0 atom stereocenters. The summed E-state index contributed by atoms with van der Waals surface area (Å²) >= 11 is 6.09. The third-order valence-corrected chi connectivity index (χ3v) is 6.53. The first-order valence-electron chi connectivity index (χ1n) is 10.3. The fraction of sp³-hybridized carbons (Fsp3) is 0.455. The maximum absolute atomic E-state index is 13.2. The summed E-state index contributed by atoms with van der Waals surface area (Å²) in [6, 6.07) is 9.67. The monoisotopic (exact) mass is 453 g/mol. The van der Waals surface area contributed by atoms with Gasteiger partial charge in [-0.1, -0.05) is 17.7 Å². The number of halogens is 4. The Bertz CT molecular complexity index is 975. The maximum atomic E-state index is 13.2. The summed E-state index contributed by atoms with van der Waals surface area (Å²) < 4.78 is 39.6. The molecule has 2 aromatic carbocycles. The lowest BCUT2D eigenvalue weighted by Crippen LogP contribution is -2.43. The van der Waals surface area contributed by atoms with Crippen LogP contribution in [0, 0.1) is 10.1 Å². The van der Waals surface area contributed by atoms with Crippen LogP contribution in [0.2, 0.25) is 5.02 Å². The van der Waals surface area contributed by atoms with Gasteiger partial charge in [-0.25, -0.2) is 0 Å². The van der Waals surface area contributed by atoms with Crippen molar-refractivity contribution in [2.24, 2.45) is 0 Å². The number of alkyl halides is 3. The van der Waals surface area contributed by atoms with Crippen molar-refractivity contribution in [1.29, 1.82) is 0 Å². The highest BCUT2D eigenvalue weighted by atomic mass is 35.5. The Labute approximate surface area is 183 Å². The zero-order chi connectivity index (χ0) is 22.2. The van der Waals surface area contributed by atoms with E-state index < -0.39 is 22.4 Å². The van der Waals surface area contributed by atoms with Gasteiger partial charge in [0.25, 0.3) is 5.69 Å². The molecule has 0 spiro atoms. The molecule has 1 aliphatic carbocycles. The molecule has 0 bridgehead atoms. The van der Waals surface area contributed by atoms with Crippen LogP contribution < -0.4 is 5.32 Å².